The van der Waals surface area contributed by atoms with E-state index < -0.39 is 10.0 Å². The molecule has 0 spiro atoms. The average Bonchev–Trinajstić information content (AvgIpc) is 2.52. The Morgan fingerprint density at radius 2 is 1.65 bits per heavy atom. The molecule has 0 unspecified atom stereocenters. The number of hydrogen-bond acceptors (Lipinski definition) is 4. The highest BCUT2D eigenvalue weighted by Crippen LogP contribution is 2.12. The van der Waals surface area contributed by atoms with Gasteiger partial charge < -0.3 is 4.74 Å². The van der Waals surface area contributed by atoms with Crippen LogP contribution >= 0.6 is 0 Å². The van der Waals surface area contributed by atoms with Crippen LogP contribution in [0, 0.1) is 0 Å². The molecular weight excluding hydrogens is 314 g/mol. The van der Waals surface area contributed by atoms with Gasteiger partial charge in [-0.15, -0.1) is 0 Å². The third kappa shape index (κ3) is 6.52. The molecule has 2 aromatic carbocycles. The SMILES string of the molecule is CS(=O)(=O)Nc1ccc(CCC(=O)OCc2ccccc2)cc1. The zero-order valence-corrected chi connectivity index (χ0v) is 13.7. The molecule has 0 aromatic heterocycles. The van der Waals surface area contributed by atoms with Gasteiger partial charge in [0, 0.05) is 12.1 Å². The van der Waals surface area contributed by atoms with E-state index >= 15 is 0 Å². The van der Waals surface area contributed by atoms with E-state index in [-0.39, 0.29) is 19.0 Å². The molecule has 0 aliphatic heterocycles. The fraction of sp³-hybridized carbons (Fsp3) is 0.235. The Hall–Kier alpha value is -2.34. The number of benzene rings is 2. The predicted molar refractivity (Wildman–Crippen MR) is 89.5 cm³/mol. The molecule has 122 valence electrons. The number of rotatable bonds is 7. The van der Waals surface area contributed by atoms with Gasteiger partial charge in [0.05, 0.1) is 6.26 Å². The summed E-state index contributed by atoms with van der Waals surface area (Å²) < 4.78 is 29.8. The van der Waals surface area contributed by atoms with Crippen molar-refractivity contribution in [3.63, 3.8) is 0 Å². The van der Waals surface area contributed by atoms with Crippen LogP contribution in [0.15, 0.2) is 54.6 Å². The Kier molecular flexibility index (Phi) is 5.76. The molecule has 0 aliphatic rings. The van der Waals surface area contributed by atoms with Gasteiger partial charge >= 0.3 is 5.97 Å². The zero-order chi connectivity index (χ0) is 16.7. The van der Waals surface area contributed by atoms with Gasteiger partial charge in [0.15, 0.2) is 0 Å². The van der Waals surface area contributed by atoms with Crippen LogP contribution in [0.1, 0.15) is 17.5 Å². The van der Waals surface area contributed by atoms with Crippen molar-refractivity contribution < 1.29 is 17.9 Å². The summed E-state index contributed by atoms with van der Waals surface area (Å²) in [6, 6.07) is 16.4. The largest absolute Gasteiger partial charge is 0.461 e. The minimum absolute atomic E-state index is 0.257. The van der Waals surface area contributed by atoms with E-state index in [2.05, 4.69) is 4.72 Å². The lowest BCUT2D eigenvalue weighted by Gasteiger charge is -2.07. The lowest BCUT2D eigenvalue weighted by molar-refractivity contribution is -0.144. The van der Waals surface area contributed by atoms with E-state index in [0.717, 1.165) is 17.4 Å². The van der Waals surface area contributed by atoms with E-state index in [1.54, 1.807) is 24.3 Å². The van der Waals surface area contributed by atoms with E-state index in [0.29, 0.717) is 12.1 Å². The maximum Gasteiger partial charge on any atom is 0.306 e. The van der Waals surface area contributed by atoms with Crippen LogP contribution in [0.5, 0.6) is 0 Å². The number of esters is 1. The minimum Gasteiger partial charge on any atom is -0.461 e. The van der Waals surface area contributed by atoms with Crippen molar-refractivity contribution >= 4 is 21.7 Å². The molecule has 0 aliphatic carbocycles. The van der Waals surface area contributed by atoms with Crippen LogP contribution in [0.25, 0.3) is 0 Å². The summed E-state index contributed by atoms with van der Waals surface area (Å²) in [5.41, 5.74) is 2.40. The van der Waals surface area contributed by atoms with E-state index in [1.807, 2.05) is 30.3 Å². The third-order valence-electron chi connectivity index (χ3n) is 3.12. The number of hydrogen-bond donors (Lipinski definition) is 1. The molecule has 0 saturated heterocycles. The molecule has 6 heteroatoms. The number of carbonyl (C=O) groups excluding carboxylic acids is 1. The first kappa shape index (κ1) is 17.0. The summed E-state index contributed by atoms with van der Waals surface area (Å²) in [5.74, 6) is -0.257. The Morgan fingerprint density at radius 3 is 2.26 bits per heavy atom. The van der Waals surface area contributed by atoms with Gasteiger partial charge in [-0.3, -0.25) is 9.52 Å². The van der Waals surface area contributed by atoms with Crippen molar-refractivity contribution in [3.8, 4) is 0 Å². The monoisotopic (exact) mass is 333 g/mol. The van der Waals surface area contributed by atoms with Crippen molar-refractivity contribution in [2.45, 2.75) is 19.4 Å². The summed E-state index contributed by atoms with van der Waals surface area (Å²) in [6.07, 6.45) is 1.93. The van der Waals surface area contributed by atoms with Crippen molar-refractivity contribution in [1.29, 1.82) is 0 Å². The lowest BCUT2D eigenvalue weighted by Crippen LogP contribution is -2.09. The molecule has 5 nitrogen and oxygen atoms in total. The molecule has 2 aromatic rings. The first-order valence-corrected chi connectivity index (χ1v) is 9.08. The number of aryl methyl sites for hydroxylation is 1. The van der Waals surface area contributed by atoms with Gasteiger partial charge in [-0.05, 0) is 29.7 Å². The summed E-state index contributed by atoms with van der Waals surface area (Å²) in [4.78, 5) is 11.7. The Bertz CT molecular complexity index is 740. The van der Waals surface area contributed by atoms with Crippen molar-refractivity contribution in [1.82, 2.24) is 0 Å². The summed E-state index contributed by atoms with van der Waals surface area (Å²) in [6.45, 7) is 0.275. The maximum atomic E-state index is 11.7. The molecule has 0 saturated carbocycles. The second-order valence-corrected chi connectivity index (χ2v) is 6.97. The van der Waals surface area contributed by atoms with Crippen LogP contribution in [0.3, 0.4) is 0 Å². The maximum absolute atomic E-state index is 11.7. The molecule has 2 rings (SSSR count). The quantitative estimate of drug-likeness (QED) is 0.791. The average molecular weight is 333 g/mol. The van der Waals surface area contributed by atoms with Gasteiger partial charge in [0.1, 0.15) is 6.61 Å². The van der Waals surface area contributed by atoms with Crippen LogP contribution in [-0.4, -0.2) is 20.6 Å². The van der Waals surface area contributed by atoms with E-state index in [1.165, 1.54) is 0 Å². The fourth-order valence-electron chi connectivity index (χ4n) is 2.01. The second-order valence-electron chi connectivity index (χ2n) is 5.22. The molecule has 0 atom stereocenters. The molecule has 0 heterocycles. The number of anilines is 1. The summed E-state index contributed by atoms with van der Waals surface area (Å²) in [5, 5.41) is 0. The molecule has 0 amide bonds. The molecule has 0 fully saturated rings. The number of nitrogens with one attached hydrogen (secondary N) is 1. The van der Waals surface area contributed by atoms with Gasteiger partial charge in [-0.25, -0.2) is 8.42 Å². The standard InChI is InChI=1S/C17H19NO4S/c1-23(20,21)18-16-10-7-14(8-11-16)9-12-17(19)22-13-15-5-3-2-4-6-15/h2-8,10-11,18H,9,12-13H2,1H3. The van der Waals surface area contributed by atoms with E-state index in [9.17, 15) is 13.2 Å². The number of sulfonamides is 1. The fourth-order valence-corrected chi connectivity index (χ4v) is 2.57. The molecule has 23 heavy (non-hydrogen) atoms. The number of ether oxygens (including phenoxy) is 1. The minimum atomic E-state index is -3.27. The van der Waals surface area contributed by atoms with Crippen LogP contribution in [-0.2, 0) is 32.6 Å². The van der Waals surface area contributed by atoms with Gasteiger partial charge in [0.25, 0.3) is 0 Å². The lowest BCUT2D eigenvalue weighted by atomic mass is 10.1. The van der Waals surface area contributed by atoms with Gasteiger partial charge in [-0.2, -0.15) is 0 Å². The van der Waals surface area contributed by atoms with Crippen molar-refractivity contribution in [2.24, 2.45) is 0 Å². The molecular formula is C17H19NO4S. The molecule has 0 radical (unpaired) electrons. The number of carbonyl (C=O) groups is 1. The van der Waals surface area contributed by atoms with Crippen molar-refractivity contribution in [2.75, 3.05) is 11.0 Å². The zero-order valence-electron chi connectivity index (χ0n) is 12.9. The highest BCUT2D eigenvalue weighted by molar-refractivity contribution is 7.92. The van der Waals surface area contributed by atoms with Gasteiger partial charge in [0.2, 0.25) is 10.0 Å². The van der Waals surface area contributed by atoms with Crippen LogP contribution in [0.4, 0.5) is 5.69 Å². The Balaban J connectivity index is 1.78. The first-order valence-electron chi connectivity index (χ1n) is 7.19. The smallest absolute Gasteiger partial charge is 0.306 e. The molecule has 1 N–H and O–H groups in total. The Labute approximate surface area is 136 Å². The first-order chi connectivity index (χ1) is 10.9. The van der Waals surface area contributed by atoms with Gasteiger partial charge in [-0.1, -0.05) is 42.5 Å². The molecule has 0 bridgehead atoms. The second kappa shape index (κ2) is 7.78. The highest BCUT2D eigenvalue weighted by Gasteiger charge is 2.05. The summed E-state index contributed by atoms with van der Waals surface area (Å²) >= 11 is 0. The topological polar surface area (TPSA) is 72.5 Å². The predicted octanol–water partition coefficient (Wildman–Crippen LogP) is 2.73. The normalized spacial score (nSPS) is 11.0. The van der Waals surface area contributed by atoms with E-state index in [4.69, 9.17) is 4.74 Å². The highest BCUT2D eigenvalue weighted by atomic mass is 32.2. The Morgan fingerprint density at radius 1 is 1.00 bits per heavy atom. The van der Waals surface area contributed by atoms with Crippen LogP contribution < -0.4 is 4.72 Å². The summed E-state index contributed by atoms with van der Waals surface area (Å²) in [7, 11) is -3.27. The third-order valence-corrected chi connectivity index (χ3v) is 3.72. The van der Waals surface area contributed by atoms with Crippen LogP contribution in [0.2, 0.25) is 0 Å². The van der Waals surface area contributed by atoms with Crippen molar-refractivity contribution in [3.05, 3.63) is 65.7 Å².